The molecule has 1 aromatic rings. The SMILES string of the molecule is C=C[C@H]1CCO[C@H](c2ccccc2)C1(C#N)C#N. The van der Waals surface area contributed by atoms with Gasteiger partial charge in [-0.25, -0.2) is 0 Å². The summed E-state index contributed by atoms with van der Waals surface area (Å²) in [5, 5.41) is 18.9. The van der Waals surface area contributed by atoms with Gasteiger partial charge in [-0.1, -0.05) is 36.4 Å². The van der Waals surface area contributed by atoms with Gasteiger partial charge in [0.1, 0.15) is 6.10 Å². The summed E-state index contributed by atoms with van der Waals surface area (Å²) in [5.74, 6) is -0.161. The van der Waals surface area contributed by atoms with Crippen molar-refractivity contribution in [3.8, 4) is 12.1 Å². The Kier molecular flexibility index (Phi) is 3.46. The molecule has 2 atom stereocenters. The fourth-order valence-electron chi connectivity index (χ4n) is 2.47. The molecule has 3 heteroatoms. The molecular weight excluding hydrogens is 224 g/mol. The van der Waals surface area contributed by atoms with Gasteiger partial charge >= 0.3 is 0 Å². The lowest BCUT2D eigenvalue weighted by Crippen LogP contribution is -2.39. The second-order valence-corrected chi connectivity index (χ2v) is 4.39. The number of allylic oxidation sites excluding steroid dienone is 1. The zero-order chi connectivity index (χ0) is 13.0. The smallest absolute Gasteiger partial charge is 0.180 e. The molecule has 2 rings (SSSR count). The molecule has 0 bridgehead atoms. The predicted octanol–water partition coefficient (Wildman–Crippen LogP) is 2.98. The van der Waals surface area contributed by atoms with Crippen LogP contribution in [0.4, 0.5) is 0 Å². The van der Waals surface area contributed by atoms with E-state index < -0.39 is 11.5 Å². The molecule has 0 radical (unpaired) electrons. The third kappa shape index (κ3) is 1.79. The molecule has 0 aliphatic carbocycles. The zero-order valence-electron chi connectivity index (χ0n) is 10.0. The Labute approximate surface area is 107 Å². The van der Waals surface area contributed by atoms with Crippen LogP contribution in [0.5, 0.6) is 0 Å². The maximum absolute atomic E-state index is 9.47. The first-order chi connectivity index (χ1) is 8.78. The molecule has 0 aromatic heterocycles. The normalized spacial score (nSPS) is 25.7. The highest BCUT2D eigenvalue weighted by atomic mass is 16.5. The van der Waals surface area contributed by atoms with Gasteiger partial charge in [-0.3, -0.25) is 0 Å². The van der Waals surface area contributed by atoms with Crippen molar-refractivity contribution < 1.29 is 4.74 Å². The Morgan fingerprint density at radius 3 is 2.50 bits per heavy atom. The highest BCUT2D eigenvalue weighted by Crippen LogP contribution is 2.47. The van der Waals surface area contributed by atoms with Gasteiger partial charge in [0.25, 0.3) is 0 Å². The lowest BCUT2D eigenvalue weighted by atomic mass is 9.68. The molecule has 1 saturated heterocycles. The lowest BCUT2D eigenvalue weighted by Gasteiger charge is -2.38. The van der Waals surface area contributed by atoms with E-state index in [0.717, 1.165) is 5.56 Å². The standard InChI is InChI=1S/C15H14N2O/c1-2-13-8-9-18-14(15(13,10-16)11-17)12-6-4-3-5-7-12/h2-7,13-14H,1,8-9H2/t13-,14+/m0/s1. The van der Waals surface area contributed by atoms with Gasteiger partial charge in [0.15, 0.2) is 5.41 Å². The highest BCUT2D eigenvalue weighted by molar-refractivity contribution is 5.32. The van der Waals surface area contributed by atoms with E-state index in [2.05, 4.69) is 18.7 Å². The van der Waals surface area contributed by atoms with Gasteiger partial charge in [0.2, 0.25) is 0 Å². The van der Waals surface area contributed by atoms with E-state index in [9.17, 15) is 10.5 Å². The summed E-state index contributed by atoms with van der Waals surface area (Å²) in [6, 6.07) is 13.8. The number of nitriles is 2. The quantitative estimate of drug-likeness (QED) is 0.744. The summed E-state index contributed by atoms with van der Waals surface area (Å²) in [5.41, 5.74) is -0.311. The van der Waals surface area contributed by atoms with Crippen LogP contribution in [-0.4, -0.2) is 6.61 Å². The van der Waals surface area contributed by atoms with Gasteiger partial charge < -0.3 is 4.74 Å². The molecular formula is C15H14N2O. The van der Waals surface area contributed by atoms with Crippen LogP contribution in [0, 0.1) is 34.0 Å². The van der Waals surface area contributed by atoms with E-state index in [1.165, 1.54) is 0 Å². The molecule has 0 unspecified atom stereocenters. The molecule has 1 heterocycles. The summed E-state index contributed by atoms with van der Waals surface area (Å²) >= 11 is 0. The van der Waals surface area contributed by atoms with Crippen LogP contribution >= 0.6 is 0 Å². The average molecular weight is 238 g/mol. The number of benzene rings is 1. The first-order valence-electron chi connectivity index (χ1n) is 5.90. The van der Waals surface area contributed by atoms with E-state index in [1.807, 2.05) is 30.3 Å². The van der Waals surface area contributed by atoms with Crippen molar-refractivity contribution in [3.63, 3.8) is 0 Å². The molecule has 18 heavy (non-hydrogen) atoms. The zero-order valence-corrected chi connectivity index (χ0v) is 10.0. The van der Waals surface area contributed by atoms with Crippen LogP contribution in [0.3, 0.4) is 0 Å². The van der Waals surface area contributed by atoms with E-state index in [-0.39, 0.29) is 5.92 Å². The molecule has 1 fully saturated rings. The largest absolute Gasteiger partial charge is 0.371 e. The third-order valence-corrected chi connectivity index (χ3v) is 3.47. The fourth-order valence-corrected chi connectivity index (χ4v) is 2.47. The Balaban J connectivity index is 2.49. The summed E-state index contributed by atoms with van der Waals surface area (Å²) < 4.78 is 5.70. The minimum absolute atomic E-state index is 0.161. The Bertz CT molecular complexity index is 496. The summed E-state index contributed by atoms with van der Waals surface area (Å²) in [6.45, 7) is 4.29. The van der Waals surface area contributed by atoms with Crippen molar-refractivity contribution in [2.24, 2.45) is 11.3 Å². The van der Waals surface area contributed by atoms with Crippen LogP contribution < -0.4 is 0 Å². The number of nitrogens with zero attached hydrogens (tertiary/aromatic N) is 2. The number of hydrogen-bond acceptors (Lipinski definition) is 3. The number of ether oxygens (including phenoxy) is 1. The monoisotopic (exact) mass is 238 g/mol. The maximum Gasteiger partial charge on any atom is 0.180 e. The third-order valence-electron chi connectivity index (χ3n) is 3.47. The molecule has 0 saturated carbocycles. The molecule has 0 amide bonds. The van der Waals surface area contributed by atoms with Gasteiger partial charge in [-0.05, 0) is 12.0 Å². The second kappa shape index (κ2) is 5.04. The van der Waals surface area contributed by atoms with Gasteiger partial charge in [0.05, 0.1) is 12.1 Å². The highest BCUT2D eigenvalue weighted by Gasteiger charge is 2.49. The van der Waals surface area contributed by atoms with E-state index in [4.69, 9.17) is 4.74 Å². The number of hydrogen-bond donors (Lipinski definition) is 0. The Morgan fingerprint density at radius 2 is 1.94 bits per heavy atom. The molecule has 1 aliphatic heterocycles. The first-order valence-corrected chi connectivity index (χ1v) is 5.90. The summed E-state index contributed by atoms with van der Waals surface area (Å²) in [7, 11) is 0. The van der Waals surface area contributed by atoms with Gasteiger partial charge in [0, 0.05) is 12.5 Å². The number of rotatable bonds is 2. The minimum atomic E-state index is -1.18. The molecule has 1 aromatic carbocycles. The molecule has 0 N–H and O–H groups in total. The van der Waals surface area contributed by atoms with Crippen molar-refractivity contribution >= 4 is 0 Å². The second-order valence-electron chi connectivity index (χ2n) is 4.39. The minimum Gasteiger partial charge on any atom is -0.371 e. The van der Waals surface area contributed by atoms with E-state index >= 15 is 0 Å². The lowest BCUT2D eigenvalue weighted by molar-refractivity contribution is -0.0577. The van der Waals surface area contributed by atoms with Gasteiger partial charge in [-0.15, -0.1) is 6.58 Å². The summed E-state index contributed by atoms with van der Waals surface area (Å²) in [6.07, 6.45) is 1.85. The topological polar surface area (TPSA) is 56.8 Å². The summed E-state index contributed by atoms with van der Waals surface area (Å²) in [4.78, 5) is 0. The first kappa shape index (κ1) is 12.4. The molecule has 3 nitrogen and oxygen atoms in total. The Hall–Kier alpha value is -2.10. The van der Waals surface area contributed by atoms with Crippen molar-refractivity contribution in [2.45, 2.75) is 12.5 Å². The average Bonchev–Trinajstić information content (AvgIpc) is 2.47. The van der Waals surface area contributed by atoms with Crippen molar-refractivity contribution in [2.75, 3.05) is 6.61 Å². The maximum atomic E-state index is 9.47. The van der Waals surface area contributed by atoms with Crippen LogP contribution in [0.15, 0.2) is 43.0 Å². The van der Waals surface area contributed by atoms with Crippen LogP contribution in [0.1, 0.15) is 18.1 Å². The van der Waals surface area contributed by atoms with Gasteiger partial charge in [-0.2, -0.15) is 10.5 Å². The van der Waals surface area contributed by atoms with Crippen LogP contribution in [0.2, 0.25) is 0 Å². The van der Waals surface area contributed by atoms with Crippen molar-refractivity contribution in [1.29, 1.82) is 10.5 Å². The van der Waals surface area contributed by atoms with Crippen LogP contribution in [0.25, 0.3) is 0 Å². The van der Waals surface area contributed by atoms with E-state index in [1.54, 1.807) is 6.08 Å². The van der Waals surface area contributed by atoms with E-state index in [0.29, 0.717) is 13.0 Å². The molecule has 90 valence electrons. The molecule has 0 spiro atoms. The molecule has 1 aliphatic rings. The Morgan fingerprint density at radius 1 is 1.28 bits per heavy atom. The van der Waals surface area contributed by atoms with Crippen molar-refractivity contribution in [1.82, 2.24) is 0 Å². The van der Waals surface area contributed by atoms with Crippen molar-refractivity contribution in [3.05, 3.63) is 48.6 Å². The van der Waals surface area contributed by atoms with Crippen LogP contribution in [-0.2, 0) is 4.74 Å². The fraction of sp³-hybridized carbons (Fsp3) is 0.333. The predicted molar refractivity (Wildman–Crippen MR) is 67.1 cm³/mol.